The fourth-order valence-corrected chi connectivity index (χ4v) is 3.08. The Morgan fingerprint density at radius 1 is 1.15 bits per heavy atom. The molecule has 0 aliphatic carbocycles. The van der Waals surface area contributed by atoms with Crippen molar-refractivity contribution in [2.45, 2.75) is 0 Å². The van der Waals surface area contributed by atoms with E-state index < -0.39 is 0 Å². The SMILES string of the molecule is COc1ccc(-c2noc(/C(Cl)=C/c3cc(Cl)c4c(c3)OCCO4)n2)cc1. The molecule has 0 spiro atoms. The van der Waals surface area contributed by atoms with E-state index in [9.17, 15) is 0 Å². The van der Waals surface area contributed by atoms with Crippen molar-refractivity contribution in [2.24, 2.45) is 0 Å². The fraction of sp³-hybridized carbons (Fsp3) is 0.158. The summed E-state index contributed by atoms with van der Waals surface area (Å²) >= 11 is 12.6. The highest BCUT2D eigenvalue weighted by atomic mass is 35.5. The van der Waals surface area contributed by atoms with Gasteiger partial charge in [0.15, 0.2) is 11.5 Å². The molecule has 1 aromatic heterocycles. The van der Waals surface area contributed by atoms with E-state index in [0.717, 1.165) is 16.9 Å². The third kappa shape index (κ3) is 3.72. The Hall–Kier alpha value is -2.70. The summed E-state index contributed by atoms with van der Waals surface area (Å²) in [6.45, 7) is 0.942. The molecular weight excluding hydrogens is 391 g/mol. The van der Waals surface area contributed by atoms with Gasteiger partial charge in [-0.3, -0.25) is 0 Å². The Morgan fingerprint density at radius 2 is 1.93 bits per heavy atom. The van der Waals surface area contributed by atoms with Gasteiger partial charge in [0.05, 0.1) is 12.1 Å². The van der Waals surface area contributed by atoms with Crippen LogP contribution in [0.25, 0.3) is 22.5 Å². The molecule has 0 bridgehead atoms. The number of ether oxygens (including phenoxy) is 3. The van der Waals surface area contributed by atoms with E-state index in [4.69, 9.17) is 41.9 Å². The highest BCUT2D eigenvalue weighted by Crippen LogP contribution is 2.39. The smallest absolute Gasteiger partial charge is 0.269 e. The van der Waals surface area contributed by atoms with Crippen LogP contribution in [0.2, 0.25) is 5.02 Å². The molecule has 1 aliphatic rings. The normalized spacial score (nSPS) is 13.5. The lowest BCUT2D eigenvalue weighted by molar-refractivity contribution is 0.171. The second kappa shape index (κ2) is 7.50. The number of fused-ring (bicyclic) bond motifs is 1. The number of hydrogen-bond acceptors (Lipinski definition) is 6. The Morgan fingerprint density at radius 3 is 2.70 bits per heavy atom. The first-order valence-corrected chi connectivity index (χ1v) is 8.84. The van der Waals surface area contributed by atoms with Gasteiger partial charge in [-0.25, -0.2) is 0 Å². The van der Waals surface area contributed by atoms with Crippen LogP contribution in [-0.2, 0) is 0 Å². The average molecular weight is 405 g/mol. The molecule has 2 aromatic carbocycles. The van der Waals surface area contributed by atoms with Crippen LogP contribution in [0.1, 0.15) is 11.5 Å². The summed E-state index contributed by atoms with van der Waals surface area (Å²) in [5.74, 6) is 2.49. The summed E-state index contributed by atoms with van der Waals surface area (Å²) in [5, 5.41) is 4.71. The number of hydrogen-bond donors (Lipinski definition) is 0. The van der Waals surface area contributed by atoms with E-state index in [1.165, 1.54) is 0 Å². The monoisotopic (exact) mass is 404 g/mol. The zero-order valence-electron chi connectivity index (χ0n) is 14.2. The van der Waals surface area contributed by atoms with Crippen LogP contribution in [0.5, 0.6) is 17.2 Å². The predicted octanol–water partition coefficient (Wildman–Crippen LogP) is 4.91. The molecule has 0 unspecified atom stereocenters. The van der Waals surface area contributed by atoms with Gasteiger partial charge in [0.1, 0.15) is 24.0 Å². The molecular formula is C19H14Cl2N2O4. The van der Waals surface area contributed by atoms with Gasteiger partial charge in [-0.1, -0.05) is 28.4 Å². The molecule has 0 saturated carbocycles. The van der Waals surface area contributed by atoms with E-state index in [-0.39, 0.29) is 10.9 Å². The van der Waals surface area contributed by atoms with Crippen molar-refractivity contribution in [3.8, 4) is 28.6 Å². The minimum absolute atomic E-state index is 0.202. The minimum atomic E-state index is 0.202. The lowest BCUT2D eigenvalue weighted by Crippen LogP contribution is -2.15. The molecule has 138 valence electrons. The summed E-state index contributed by atoms with van der Waals surface area (Å²) in [4.78, 5) is 4.33. The van der Waals surface area contributed by atoms with E-state index in [0.29, 0.717) is 35.6 Å². The molecule has 0 atom stereocenters. The van der Waals surface area contributed by atoms with Gasteiger partial charge < -0.3 is 18.7 Å². The first-order valence-electron chi connectivity index (χ1n) is 8.09. The molecule has 0 N–H and O–H groups in total. The standard InChI is InChI=1S/C19H14Cl2N2O4/c1-24-13-4-2-12(3-5-13)18-22-19(27-23-18)15(21)9-11-8-14(20)17-16(10-11)25-6-7-26-17/h2-5,8-10H,6-7H2,1H3/b15-9-. The quantitative estimate of drug-likeness (QED) is 0.615. The number of aromatic nitrogens is 2. The van der Waals surface area contributed by atoms with Crippen LogP contribution in [0.15, 0.2) is 40.9 Å². The summed E-state index contributed by atoms with van der Waals surface area (Å²) in [6, 6.07) is 10.8. The maximum absolute atomic E-state index is 6.35. The van der Waals surface area contributed by atoms with E-state index in [1.807, 2.05) is 24.3 Å². The molecule has 0 fully saturated rings. The fourth-order valence-electron chi connectivity index (χ4n) is 2.60. The Kier molecular flexibility index (Phi) is 4.92. The molecule has 8 heteroatoms. The molecule has 0 saturated heterocycles. The summed E-state index contributed by atoms with van der Waals surface area (Å²) < 4.78 is 21.5. The van der Waals surface area contributed by atoms with E-state index >= 15 is 0 Å². The number of nitrogens with zero attached hydrogens (tertiary/aromatic N) is 2. The van der Waals surface area contributed by atoms with Crippen molar-refractivity contribution in [1.82, 2.24) is 10.1 Å². The molecule has 1 aliphatic heterocycles. The lowest BCUT2D eigenvalue weighted by atomic mass is 10.1. The lowest BCUT2D eigenvalue weighted by Gasteiger charge is -2.19. The predicted molar refractivity (Wildman–Crippen MR) is 102 cm³/mol. The topological polar surface area (TPSA) is 66.6 Å². The highest BCUT2D eigenvalue weighted by Gasteiger charge is 2.17. The second-order valence-corrected chi connectivity index (χ2v) is 6.49. The van der Waals surface area contributed by atoms with Crippen molar-refractivity contribution < 1.29 is 18.7 Å². The molecule has 3 aromatic rings. The van der Waals surface area contributed by atoms with Crippen LogP contribution < -0.4 is 14.2 Å². The molecule has 27 heavy (non-hydrogen) atoms. The van der Waals surface area contributed by atoms with Gasteiger partial charge in [-0.15, -0.1) is 0 Å². The zero-order chi connectivity index (χ0) is 18.8. The molecule has 4 rings (SSSR count). The first kappa shape index (κ1) is 17.7. The van der Waals surface area contributed by atoms with Crippen molar-refractivity contribution in [3.63, 3.8) is 0 Å². The van der Waals surface area contributed by atoms with Gasteiger partial charge in [-0.05, 0) is 48.0 Å². The van der Waals surface area contributed by atoms with Gasteiger partial charge >= 0.3 is 0 Å². The molecule has 0 radical (unpaired) electrons. The Balaban J connectivity index is 1.60. The van der Waals surface area contributed by atoms with E-state index in [1.54, 1.807) is 25.3 Å². The highest BCUT2D eigenvalue weighted by molar-refractivity contribution is 6.50. The van der Waals surface area contributed by atoms with Gasteiger partial charge in [-0.2, -0.15) is 4.98 Å². The minimum Gasteiger partial charge on any atom is -0.497 e. The Labute approximate surface area is 165 Å². The summed E-state index contributed by atoms with van der Waals surface area (Å²) in [6.07, 6.45) is 1.68. The van der Waals surface area contributed by atoms with Crippen molar-refractivity contribution in [3.05, 3.63) is 52.9 Å². The molecule has 6 nitrogen and oxygen atoms in total. The van der Waals surface area contributed by atoms with Crippen molar-refractivity contribution in [2.75, 3.05) is 20.3 Å². The van der Waals surface area contributed by atoms with Crippen molar-refractivity contribution in [1.29, 1.82) is 0 Å². The van der Waals surface area contributed by atoms with E-state index in [2.05, 4.69) is 10.1 Å². The van der Waals surface area contributed by atoms with Crippen molar-refractivity contribution >= 4 is 34.3 Å². The summed E-state index contributed by atoms with van der Waals surface area (Å²) in [5.41, 5.74) is 1.52. The van der Waals surface area contributed by atoms with Crippen LogP contribution in [0, 0.1) is 0 Å². The van der Waals surface area contributed by atoms with Gasteiger partial charge in [0, 0.05) is 5.56 Å². The van der Waals surface area contributed by atoms with Crippen LogP contribution in [-0.4, -0.2) is 30.5 Å². The third-order valence-corrected chi connectivity index (χ3v) is 4.44. The van der Waals surface area contributed by atoms with Gasteiger partial charge in [0.2, 0.25) is 5.82 Å². The first-order chi connectivity index (χ1) is 13.1. The van der Waals surface area contributed by atoms with Crippen LogP contribution >= 0.6 is 23.2 Å². The largest absolute Gasteiger partial charge is 0.497 e. The summed E-state index contributed by atoms with van der Waals surface area (Å²) in [7, 11) is 1.61. The number of methoxy groups -OCH3 is 1. The Bertz CT molecular complexity index is 999. The van der Waals surface area contributed by atoms with Crippen LogP contribution in [0.4, 0.5) is 0 Å². The maximum Gasteiger partial charge on any atom is 0.269 e. The number of benzene rings is 2. The third-order valence-electron chi connectivity index (χ3n) is 3.89. The van der Waals surface area contributed by atoms with Gasteiger partial charge in [0.25, 0.3) is 5.89 Å². The second-order valence-electron chi connectivity index (χ2n) is 5.67. The molecule has 0 amide bonds. The molecule has 2 heterocycles. The van der Waals surface area contributed by atoms with Crippen LogP contribution in [0.3, 0.4) is 0 Å². The average Bonchev–Trinajstić information content (AvgIpc) is 3.18. The number of halogens is 2. The number of rotatable bonds is 4. The maximum atomic E-state index is 6.35. The zero-order valence-corrected chi connectivity index (χ0v) is 15.8.